The maximum absolute atomic E-state index is 5.17. The molecular formula is C57H35N3S. The third-order valence-corrected chi connectivity index (χ3v) is 13.1. The molecule has 12 rings (SSSR count). The molecule has 3 nitrogen and oxygen atoms in total. The highest BCUT2D eigenvalue weighted by molar-refractivity contribution is 7.26. The van der Waals surface area contributed by atoms with Gasteiger partial charge in [0.25, 0.3) is 0 Å². The Labute approximate surface area is 356 Å². The van der Waals surface area contributed by atoms with Crippen LogP contribution in [0.15, 0.2) is 212 Å². The molecule has 4 heteroatoms. The van der Waals surface area contributed by atoms with Crippen molar-refractivity contribution in [1.82, 2.24) is 15.0 Å². The van der Waals surface area contributed by atoms with E-state index in [0.29, 0.717) is 17.5 Å². The van der Waals surface area contributed by atoms with Gasteiger partial charge in [-0.2, -0.15) is 0 Å². The quantitative estimate of drug-likeness (QED) is 0.157. The van der Waals surface area contributed by atoms with Crippen LogP contribution in [0, 0.1) is 0 Å². The summed E-state index contributed by atoms with van der Waals surface area (Å²) in [5.74, 6) is 1.97. The van der Waals surface area contributed by atoms with E-state index in [0.717, 1.165) is 22.3 Å². The molecule has 284 valence electrons. The van der Waals surface area contributed by atoms with Crippen LogP contribution in [-0.4, -0.2) is 15.0 Å². The third kappa shape index (κ3) is 6.07. The van der Waals surface area contributed by atoms with Crippen LogP contribution in [0.3, 0.4) is 0 Å². The second-order valence-electron chi connectivity index (χ2n) is 15.5. The van der Waals surface area contributed by atoms with E-state index in [4.69, 9.17) is 15.0 Å². The molecule has 0 bridgehead atoms. The summed E-state index contributed by atoms with van der Waals surface area (Å²) < 4.78 is 2.43. The molecule has 0 amide bonds. The van der Waals surface area contributed by atoms with Gasteiger partial charge in [0, 0.05) is 36.9 Å². The largest absolute Gasteiger partial charge is 0.208 e. The first kappa shape index (κ1) is 35.2. The van der Waals surface area contributed by atoms with Crippen LogP contribution < -0.4 is 0 Å². The van der Waals surface area contributed by atoms with Crippen molar-refractivity contribution in [2.75, 3.05) is 0 Å². The minimum Gasteiger partial charge on any atom is -0.208 e. The number of thiophene rings is 1. The first-order valence-electron chi connectivity index (χ1n) is 20.6. The number of rotatable bonds is 6. The summed E-state index contributed by atoms with van der Waals surface area (Å²) in [7, 11) is 0. The zero-order chi connectivity index (χ0) is 40.3. The van der Waals surface area contributed by atoms with Crippen molar-refractivity contribution in [2.24, 2.45) is 0 Å². The minimum absolute atomic E-state index is 0.646. The smallest absolute Gasteiger partial charge is 0.165 e. The Kier molecular flexibility index (Phi) is 8.36. The molecule has 0 aliphatic carbocycles. The van der Waals surface area contributed by atoms with E-state index in [1.807, 2.05) is 18.2 Å². The van der Waals surface area contributed by atoms with E-state index in [9.17, 15) is 0 Å². The van der Waals surface area contributed by atoms with Gasteiger partial charge in [0.05, 0.1) is 0 Å². The van der Waals surface area contributed by atoms with Crippen LogP contribution in [0.25, 0.3) is 120 Å². The second kappa shape index (κ2) is 14.5. The zero-order valence-electron chi connectivity index (χ0n) is 33.0. The molecular weight excluding hydrogens is 759 g/mol. The maximum Gasteiger partial charge on any atom is 0.165 e. The predicted octanol–water partition coefficient (Wildman–Crippen LogP) is 15.7. The molecule has 0 fully saturated rings. The summed E-state index contributed by atoms with van der Waals surface area (Å²) in [6.07, 6.45) is 0. The molecule has 0 unspecified atom stereocenters. The molecule has 0 saturated heterocycles. The fourth-order valence-corrected chi connectivity index (χ4v) is 10.2. The molecule has 61 heavy (non-hydrogen) atoms. The Morgan fingerprint density at radius 2 is 0.836 bits per heavy atom. The minimum atomic E-state index is 0.646. The van der Waals surface area contributed by atoms with Gasteiger partial charge < -0.3 is 0 Å². The second-order valence-corrected chi connectivity index (χ2v) is 16.6. The van der Waals surface area contributed by atoms with Gasteiger partial charge in [-0.3, -0.25) is 0 Å². The number of fused-ring (bicyclic) bond motifs is 7. The van der Waals surface area contributed by atoms with Crippen molar-refractivity contribution in [3.05, 3.63) is 212 Å². The van der Waals surface area contributed by atoms with Crippen LogP contribution in [0.5, 0.6) is 0 Å². The van der Waals surface area contributed by atoms with E-state index >= 15 is 0 Å². The lowest BCUT2D eigenvalue weighted by atomic mass is 9.87. The van der Waals surface area contributed by atoms with Gasteiger partial charge in [0.1, 0.15) is 0 Å². The lowest BCUT2D eigenvalue weighted by Gasteiger charge is -2.16. The standard InChI is InChI=1S/C57H35N3S/c1-3-14-36(15-4-1)44-33-32-37-16-7-8-19-43(37)53(44)42-31-30-41-34-50(45-20-9-10-21-46(45)51(41)35-42)38-26-28-40(29-27-38)56-58-55(39-17-5-2-6-18-39)59-57(60-56)49-24-13-23-48-47-22-11-12-25-52(47)61-54(48)49/h1-35H. The zero-order valence-corrected chi connectivity index (χ0v) is 33.8. The summed E-state index contributed by atoms with van der Waals surface area (Å²) in [5.41, 5.74) is 10.1. The fraction of sp³-hybridized carbons (Fsp3) is 0. The molecule has 12 aromatic rings. The highest BCUT2D eigenvalue weighted by atomic mass is 32.1. The fourth-order valence-electron chi connectivity index (χ4n) is 9.00. The monoisotopic (exact) mass is 793 g/mol. The van der Waals surface area contributed by atoms with Gasteiger partial charge >= 0.3 is 0 Å². The van der Waals surface area contributed by atoms with Gasteiger partial charge in [-0.1, -0.05) is 188 Å². The van der Waals surface area contributed by atoms with Crippen LogP contribution in [0.2, 0.25) is 0 Å². The van der Waals surface area contributed by atoms with Crippen LogP contribution >= 0.6 is 11.3 Å². The molecule has 0 saturated carbocycles. The van der Waals surface area contributed by atoms with Gasteiger partial charge in [-0.15, -0.1) is 11.3 Å². The first-order chi connectivity index (χ1) is 30.2. The van der Waals surface area contributed by atoms with Crippen molar-refractivity contribution in [1.29, 1.82) is 0 Å². The number of aromatic nitrogens is 3. The topological polar surface area (TPSA) is 38.7 Å². The Balaban J connectivity index is 0.975. The van der Waals surface area contributed by atoms with E-state index in [2.05, 4.69) is 194 Å². The van der Waals surface area contributed by atoms with Crippen molar-refractivity contribution in [3.8, 4) is 67.5 Å². The lowest BCUT2D eigenvalue weighted by molar-refractivity contribution is 1.08. The first-order valence-corrected chi connectivity index (χ1v) is 21.4. The van der Waals surface area contributed by atoms with E-state index in [1.54, 1.807) is 11.3 Å². The normalized spacial score (nSPS) is 11.6. The molecule has 0 atom stereocenters. The van der Waals surface area contributed by atoms with Crippen molar-refractivity contribution >= 4 is 63.8 Å². The molecule has 0 N–H and O–H groups in total. The average Bonchev–Trinajstić information content (AvgIpc) is 3.73. The van der Waals surface area contributed by atoms with Crippen molar-refractivity contribution in [2.45, 2.75) is 0 Å². The molecule has 0 radical (unpaired) electrons. The van der Waals surface area contributed by atoms with Crippen molar-refractivity contribution in [3.63, 3.8) is 0 Å². The Bertz CT molecular complexity index is 3630. The van der Waals surface area contributed by atoms with E-state index in [-0.39, 0.29) is 0 Å². The molecule has 0 aliphatic heterocycles. The van der Waals surface area contributed by atoms with E-state index < -0.39 is 0 Å². The molecule has 0 aliphatic rings. The number of hydrogen-bond acceptors (Lipinski definition) is 4. The Hall–Kier alpha value is -7.79. The maximum atomic E-state index is 5.17. The van der Waals surface area contributed by atoms with Crippen LogP contribution in [0.1, 0.15) is 0 Å². The van der Waals surface area contributed by atoms with Crippen LogP contribution in [0.4, 0.5) is 0 Å². The summed E-state index contributed by atoms with van der Waals surface area (Å²) in [6, 6.07) is 76.0. The van der Waals surface area contributed by atoms with Gasteiger partial charge in [0.2, 0.25) is 0 Å². The highest BCUT2D eigenvalue weighted by Gasteiger charge is 2.18. The van der Waals surface area contributed by atoms with E-state index in [1.165, 1.54) is 80.3 Å². The van der Waals surface area contributed by atoms with Gasteiger partial charge in [0.15, 0.2) is 17.5 Å². The number of benzene rings is 10. The predicted molar refractivity (Wildman–Crippen MR) is 258 cm³/mol. The lowest BCUT2D eigenvalue weighted by Crippen LogP contribution is -2.00. The number of nitrogens with zero attached hydrogens (tertiary/aromatic N) is 3. The summed E-state index contributed by atoms with van der Waals surface area (Å²) in [5, 5.41) is 9.84. The average molecular weight is 794 g/mol. The third-order valence-electron chi connectivity index (χ3n) is 11.9. The van der Waals surface area contributed by atoms with Gasteiger partial charge in [-0.25, -0.2) is 15.0 Å². The Morgan fingerprint density at radius 3 is 1.62 bits per heavy atom. The molecule has 2 aromatic heterocycles. The SMILES string of the molecule is c1ccc(-c2nc(-c3ccc(-c4cc5ccc(-c6c(-c7ccccc7)ccc7ccccc67)cc5c5ccccc45)cc3)nc(-c3cccc4c3sc3ccccc34)n2)cc1. The molecule has 2 heterocycles. The number of hydrogen-bond donors (Lipinski definition) is 0. The Morgan fingerprint density at radius 1 is 0.279 bits per heavy atom. The van der Waals surface area contributed by atoms with Crippen LogP contribution in [-0.2, 0) is 0 Å². The molecule has 0 spiro atoms. The molecule has 10 aromatic carbocycles. The summed E-state index contributed by atoms with van der Waals surface area (Å²) in [6.45, 7) is 0. The van der Waals surface area contributed by atoms with Gasteiger partial charge in [-0.05, 0) is 90.0 Å². The van der Waals surface area contributed by atoms with Crippen molar-refractivity contribution < 1.29 is 0 Å². The summed E-state index contributed by atoms with van der Waals surface area (Å²) >= 11 is 1.79. The summed E-state index contributed by atoms with van der Waals surface area (Å²) in [4.78, 5) is 15.3. The highest BCUT2D eigenvalue weighted by Crippen LogP contribution is 2.43.